The highest BCUT2D eigenvalue weighted by Gasteiger charge is 2.16. The molecule has 2 aromatic rings. The molecule has 1 N–H and O–H groups in total. The maximum atomic E-state index is 6.22. The van der Waals surface area contributed by atoms with E-state index >= 15 is 0 Å². The lowest BCUT2D eigenvalue weighted by Crippen LogP contribution is -2.43. The molecule has 1 fully saturated rings. The third-order valence-corrected chi connectivity index (χ3v) is 3.71. The lowest BCUT2D eigenvalue weighted by Gasteiger charge is -2.25. The van der Waals surface area contributed by atoms with E-state index in [1.807, 2.05) is 25.1 Å². The van der Waals surface area contributed by atoms with Gasteiger partial charge in [-0.05, 0) is 24.6 Å². The second-order valence-corrected chi connectivity index (χ2v) is 5.43. The van der Waals surface area contributed by atoms with Crippen LogP contribution in [-0.4, -0.2) is 41.2 Å². The van der Waals surface area contributed by atoms with Gasteiger partial charge in [0, 0.05) is 26.2 Å². The van der Waals surface area contributed by atoms with Crippen LogP contribution in [0.15, 0.2) is 22.7 Å². The Hall–Kier alpha value is -1.43. The zero-order chi connectivity index (χ0) is 13.9. The summed E-state index contributed by atoms with van der Waals surface area (Å²) in [6, 6.07) is 5.80. The van der Waals surface area contributed by atoms with Gasteiger partial charge in [0.05, 0.1) is 17.1 Å². The summed E-state index contributed by atoms with van der Waals surface area (Å²) in [7, 11) is 0. The van der Waals surface area contributed by atoms with Crippen LogP contribution < -0.4 is 5.32 Å². The minimum atomic E-state index is 0.486. The number of hydrogen-bond acceptors (Lipinski definition) is 5. The molecule has 5 nitrogen and oxygen atoms in total. The molecule has 20 heavy (non-hydrogen) atoms. The van der Waals surface area contributed by atoms with Crippen LogP contribution in [0.5, 0.6) is 0 Å². The van der Waals surface area contributed by atoms with Crippen LogP contribution in [0.4, 0.5) is 0 Å². The van der Waals surface area contributed by atoms with Gasteiger partial charge in [-0.3, -0.25) is 4.90 Å². The van der Waals surface area contributed by atoms with E-state index in [1.54, 1.807) is 0 Å². The van der Waals surface area contributed by atoms with E-state index in [1.165, 1.54) is 0 Å². The zero-order valence-electron chi connectivity index (χ0n) is 11.4. The Morgan fingerprint density at radius 2 is 2.15 bits per heavy atom. The molecule has 0 bridgehead atoms. The predicted molar refractivity (Wildman–Crippen MR) is 77.6 cm³/mol. The molecule has 0 saturated carbocycles. The summed E-state index contributed by atoms with van der Waals surface area (Å²) in [5.41, 5.74) is 1.90. The average Bonchev–Trinajstić information content (AvgIpc) is 2.88. The van der Waals surface area contributed by atoms with E-state index in [-0.39, 0.29) is 0 Å². The number of aromatic nitrogens is 2. The van der Waals surface area contributed by atoms with E-state index in [9.17, 15) is 0 Å². The van der Waals surface area contributed by atoms with Crippen molar-refractivity contribution in [2.75, 3.05) is 26.2 Å². The van der Waals surface area contributed by atoms with E-state index in [0.29, 0.717) is 23.3 Å². The number of hydrogen-bond donors (Lipinski definition) is 1. The van der Waals surface area contributed by atoms with E-state index in [2.05, 4.69) is 20.4 Å². The number of aryl methyl sites for hydroxylation is 1. The molecule has 3 rings (SSSR count). The second kappa shape index (κ2) is 5.91. The van der Waals surface area contributed by atoms with E-state index in [0.717, 1.165) is 37.3 Å². The maximum absolute atomic E-state index is 6.22. The standard InChI is InChI=1S/C14H17ClN4O/c1-10-2-3-11(12(15)8-10)14-17-13(18-20-14)9-19-6-4-16-5-7-19/h2-3,8,16H,4-7,9H2,1H3. The van der Waals surface area contributed by atoms with Gasteiger partial charge in [-0.1, -0.05) is 22.8 Å². The van der Waals surface area contributed by atoms with Crippen molar-refractivity contribution in [2.24, 2.45) is 0 Å². The monoisotopic (exact) mass is 292 g/mol. The summed E-state index contributed by atoms with van der Waals surface area (Å²) < 4.78 is 5.33. The normalized spacial score (nSPS) is 16.5. The molecule has 6 heteroatoms. The summed E-state index contributed by atoms with van der Waals surface area (Å²) >= 11 is 6.22. The van der Waals surface area contributed by atoms with Crippen molar-refractivity contribution >= 4 is 11.6 Å². The first-order valence-corrected chi connectivity index (χ1v) is 7.12. The fraction of sp³-hybridized carbons (Fsp3) is 0.429. The van der Waals surface area contributed by atoms with Crippen LogP contribution in [0, 0.1) is 6.92 Å². The molecule has 1 aromatic carbocycles. The first-order chi connectivity index (χ1) is 9.72. The molecule has 0 amide bonds. The van der Waals surface area contributed by atoms with Crippen molar-refractivity contribution in [2.45, 2.75) is 13.5 Å². The lowest BCUT2D eigenvalue weighted by atomic mass is 10.1. The molecule has 106 valence electrons. The smallest absolute Gasteiger partial charge is 0.259 e. The molecule has 1 aromatic heterocycles. The van der Waals surface area contributed by atoms with Gasteiger partial charge in [0.1, 0.15) is 0 Å². The first kappa shape index (κ1) is 13.5. The van der Waals surface area contributed by atoms with Gasteiger partial charge in [0.2, 0.25) is 0 Å². The van der Waals surface area contributed by atoms with Crippen molar-refractivity contribution in [3.8, 4) is 11.5 Å². The Kier molecular flexibility index (Phi) is 4.00. The van der Waals surface area contributed by atoms with Crippen molar-refractivity contribution in [3.05, 3.63) is 34.6 Å². The lowest BCUT2D eigenvalue weighted by molar-refractivity contribution is 0.225. The third-order valence-electron chi connectivity index (χ3n) is 3.40. The quantitative estimate of drug-likeness (QED) is 0.939. The maximum Gasteiger partial charge on any atom is 0.259 e. The molecule has 0 unspecified atom stereocenters. The molecule has 1 aliphatic heterocycles. The largest absolute Gasteiger partial charge is 0.334 e. The Balaban J connectivity index is 1.75. The highest BCUT2D eigenvalue weighted by molar-refractivity contribution is 6.33. The van der Waals surface area contributed by atoms with Crippen LogP contribution in [0.1, 0.15) is 11.4 Å². The summed E-state index contributed by atoms with van der Waals surface area (Å²) in [5.74, 6) is 1.19. The van der Waals surface area contributed by atoms with Crippen LogP contribution in [0.3, 0.4) is 0 Å². The average molecular weight is 293 g/mol. The van der Waals surface area contributed by atoms with Gasteiger partial charge in [-0.2, -0.15) is 4.98 Å². The summed E-state index contributed by atoms with van der Waals surface area (Å²) in [5, 5.41) is 8.01. The molecule has 0 spiro atoms. The van der Waals surface area contributed by atoms with Gasteiger partial charge in [-0.25, -0.2) is 0 Å². The molecule has 1 aliphatic rings. The van der Waals surface area contributed by atoms with Crippen LogP contribution >= 0.6 is 11.6 Å². The summed E-state index contributed by atoms with van der Waals surface area (Å²) in [6.45, 7) is 6.75. The van der Waals surface area contributed by atoms with Crippen LogP contribution in [0.25, 0.3) is 11.5 Å². The second-order valence-electron chi connectivity index (χ2n) is 5.03. The number of nitrogens with zero attached hydrogens (tertiary/aromatic N) is 3. The predicted octanol–water partition coefficient (Wildman–Crippen LogP) is 2.10. The van der Waals surface area contributed by atoms with Crippen molar-refractivity contribution in [1.82, 2.24) is 20.4 Å². The van der Waals surface area contributed by atoms with Crippen LogP contribution in [0.2, 0.25) is 5.02 Å². The Morgan fingerprint density at radius 1 is 1.35 bits per heavy atom. The Bertz CT molecular complexity index is 593. The summed E-state index contributed by atoms with van der Waals surface area (Å²) in [6.07, 6.45) is 0. The molecule has 1 saturated heterocycles. The van der Waals surface area contributed by atoms with Crippen LogP contribution in [-0.2, 0) is 6.54 Å². The molecule has 0 radical (unpaired) electrons. The highest BCUT2D eigenvalue weighted by atomic mass is 35.5. The molecule has 0 atom stereocenters. The Morgan fingerprint density at radius 3 is 2.90 bits per heavy atom. The molecular formula is C14H17ClN4O. The third kappa shape index (κ3) is 3.00. The topological polar surface area (TPSA) is 54.2 Å². The van der Waals surface area contributed by atoms with E-state index < -0.39 is 0 Å². The SMILES string of the molecule is Cc1ccc(-c2nc(CN3CCNCC3)no2)c(Cl)c1. The minimum Gasteiger partial charge on any atom is -0.334 e. The number of piperazine rings is 1. The number of rotatable bonds is 3. The summed E-state index contributed by atoms with van der Waals surface area (Å²) in [4.78, 5) is 6.75. The minimum absolute atomic E-state index is 0.486. The number of halogens is 1. The van der Waals surface area contributed by atoms with Crippen molar-refractivity contribution in [1.29, 1.82) is 0 Å². The van der Waals surface area contributed by atoms with Gasteiger partial charge in [0.15, 0.2) is 5.82 Å². The van der Waals surface area contributed by atoms with Crippen molar-refractivity contribution < 1.29 is 4.52 Å². The van der Waals surface area contributed by atoms with Gasteiger partial charge in [0.25, 0.3) is 5.89 Å². The van der Waals surface area contributed by atoms with Gasteiger partial charge < -0.3 is 9.84 Å². The fourth-order valence-corrected chi connectivity index (χ4v) is 2.61. The van der Waals surface area contributed by atoms with E-state index in [4.69, 9.17) is 16.1 Å². The van der Waals surface area contributed by atoms with Crippen molar-refractivity contribution in [3.63, 3.8) is 0 Å². The zero-order valence-corrected chi connectivity index (χ0v) is 12.2. The van der Waals surface area contributed by atoms with Gasteiger partial charge in [-0.15, -0.1) is 0 Å². The molecular weight excluding hydrogens is 276 g/mol. The molecule has 2 heterocycles. The first-order valence-electron chi connectivity index (χ1n) is 6.74. The Labute approximate surface area is 122 Å². The fourth-order valence-electron chi connectivity index (χ4n) is 2.29. The van der Waals surface area contributed by atoms with Gasteiger partial charge >= 0.3 is 0 Å². The number of benzene rings is 1. The number of nitrogens with one attached hydrogen (secondary N) is 1. The highest BCUT2D eigenvalue weighted by Crippen LogP contribution is 2.27. The molecule has 0 aliphatic carbocycles.